The second-order valence-electron chi connectivity index (χ2n) is 8.97. The molecule has 3 nitrogen and oxygen atoms in total. The highest BCUT2D eigenvalue weighted by atomic mass is 19.1. The predicted molar refractivity (Wildman–Crippen MR) is 109 cm³/mol. The molecule has 1 amide bonds. The zero-order chi connectivity index (χ0) is 21.3. The number of hydrogen-bond donors (Lipinski definition) is 1. The first-order chi connectivity index (χ1) is 13.6. The molecule has 0 aromatic heterocycles. The van der Waals surface area contributed by atoms with Gasteiger partial charge in [0.25, 0.3) is 0 Å². The van der Waals surface area contributed by atoms with Gasteiger partial charge in [0.15, 0.2) is 0 Å². The molecule has 3 rings (SSSR count). The van der Waals surface area contributed by atoms with E-state index in [1.54, 1.807) is 6.92 Å². The number of nitrogens with one attached hydrogen (secondary N) is 1. The Morgan fingerprint density at radius 2 is 1.69 bits per heavy atom. The minimum absolute atomic E-state index is 0.0277. The summed E-state index contributed by atoms with van der Waals surface area (Å²) in [6, 6.07) is 10.4. The third kappa shape index (κ3) is 4.72. The Bertz CT molecular complexity index is 906. The number of halogens is 2. The zero-order valence-corrected chi connectivity index (χ0v) is 17.3. The molecule has 5 heteroatoms. The molecule has 29 heavy (non-hydrogen) atoms. The lowest BCUT2D eigenvalue weighted by atomic mass is 9.83. The van der Waals surface area contributed by atoms with E-state index in [1.807, 2.05) is 24.3 Å². The molecule has 0 spiro atoms. The maximum absolute atomic E-state index is 14.4. The van der Waals surface area contributed by atoms with Gasteiger partial charge in [-0.05, 0) is 41.2 Å². The van der Waals surface area contributed by atoms with Crippen LogP contribution in [0.4, 0.5) is 8.78 Å². The quantitative estimate of drug-likeness (QED) is 0.799. The molecular weight excluding hydrogens is 372 g/mol. The zero-order valence-electron chi connectivity index (χ0n) is 17.3. The Labute approximate surface area is 170 Å². The minimum atomic E-state index is -0.761. The van der Waals surface area contributed by atoms with Gasteiger partial charge in [0, 0.05) is 30.9 Å². The summed E-state index contributed by atoms with van der Waals surface area (Å²) in [6.45, 7) is 8.11. The van der Waals surface area contributed by atoms with Gasteiger partial charge in [0.05, 0.1) is 5.92 Å². The fourth-order valence-corrected chi connectivity index (χ4v) is 3.94. The van der Waals surface area contributed by atoms with Crippen LogP contribution >= 0.6 is 0 Å². The van der Waals surface area contributed by atoms with Crippen LogP contribution in [0.15, 0.2) is 36.4 Å². The van der Waals surface area contributed by atoms with Gasteiger partial charge < -0.3 is 5.32 Å². The van der Waals surface area contributed by atoms with Gasteiger partial charge in [0.2, 0.25) is 5.91 Å². The van der Waals surface area contributed by atoms with Gasteiger partial charge in [-0.3, -0.25) is 9.59 Å². The van der Waals surface area contributed by atoms with Crippen molar-refractivity contribution in [3.8, 4) is 0 Å². The van der Waals surface area contributed by atoms with E-state index < -0.39 is 23.5 Å². The van der Waals surface area contributed by atoms with Crippen LogP contribution in [0.1, 0.15) is 55.4 Å². The van der Waals surface area contributed by atoms with Gasteiger partial charge in [-0.2, -0.15) is 0 Å². The van der Waals surface area contributed by atoms with E-state index in [1.165, 1.54) is 17.7 Å². The maximum atomic E-state index is 14.4. The molecule has 1 N–H and O–H groups in total. The molecule has 2 aromatic carbocycles. The molecular formula is C24H27F2NO2. The van der Waals surface area contributed by atoms with E-state index in [2.05, 4.69) is 26.1 Å². The number of benzene rings is 2. The number of hydrogen-bond acceptors (Lipinski definition) is 2. The molecule has 0 aliphatic carbocycles. The third-order valence-electron chi connectivity index (χ3n) is 5.58. The summed E-state index contributed by atoms with van der Waals surface area (Å²) in [5.74, 6) is -3.23. The summed E-state index contributed by atoms with van der Waals surface area (Å²) in [7, 11) is 0. The van der Waals surface area contributed by atoms with Crippen molar-refractivity contribution in [2.45, 2.75) is 51.9 Å². The monoisotopic (exact) mass is 399 g/mol. The number of carbonyl (C=O) groups is 2. The number of ketones is 1. The second kappa shape index (κ2) is 8.05. The first kappa shape index (κ1) is 21.2. The number of aryl methyl sites for hydroxylation is 1. The van der Waals surface area contributed by atoms with Crippen LogP contribution < -0.4 is 5.32 Å². The lowest BCUT2D eigenvalue weighted by Gasteiger charge is -2.20. The van der Waals surface area contributed by atoms with Crippen molar-refractivity contribution >= 4 is 11.7 Å². The van der Waals surface area contributed by atoms with Crippen molar-refractivity contribution in [1.29, 1.82) is 0 Å². The molecule has 1 heterocycles. The van der Waals surface area contributed by atoms with Crippen LogP contribution in [0.5, 0.6) is 0 Å². The van der Waals surface area contributed by atoms with Gasteiger partial charge in [-0.25, -0.2) is 8.78 Å². The molecule has 2 atom stereocenters. The van der Waals surface area contributed by atoms with E-state index >= 15 is 0 Å². The highest BCUT2D eigenvalue weighted by Crippen LogP contribution is 2.35. The van der Waals surface area contributed by atoms with Crippen LogP contribution in [-0.4, -0.2) is 18.2 Å². The SMILES string of the molecule is Cc1cc(F)c([C@@H]2CNC(=O)[C@H]2CC(=O)Cc2ccc(C(C)(C)C)cc2)c(F)c1. The van der Waals surface area contributed by atoms with E-state index in [0.29, 0.717) is 5.56 Å². The molecule has 1 saturated heterocycles. The van der Waals surface area contributed by atoms with E-state index in [-0.39, 0.29) is 42.1 Å². The summed E-state index contributed by atoms with van der Waals surface area (Å²) < 4.78 is 28.8. The Morgan fingerprint density at radius 3 is 2.24 bits per heavy atom. The van der Waals surface area contributed by atoms with Crippen LogP contribution in [0, 0.1) is 24.5 Å². The van der Waals surface area contributed by atoms with Crippen molar-refractivity contribution in [2.75, 3.05) is 6.54 Å². The molecule has 1 aliphatic rings. The van der Waals surface area contributed by atoms with Crippen molar-refractivity contribution in [3.05, 3.63) is 70.3 Å². The Kier molecular flexibility index (Phi) is 5.87. The Balaban J connectivity index is 1.74. The summed E-state index contributed by atoms with van der Waals surface area (Å²) in [5, 5.41) is 2.66. The number of amides is 1. The highest BCUT2D eigenvalue weighted by Gasteiger charge is 2.39. The average molecular weight is 399 g/mol. The normalized spacial score (nSPS) is 19.3. The average Bonchev–Trinajstić information content (AvgIpc) is 2.94. The van der Waals surface area contributed by atoms with Crippen LogP contribution in [0.2, 0.25) is 0 Å². The summed E-state index contributed by atoms with van der Waals surface area (Å²) in [6.07, 6.45) is 0.157. The second-order valence-corrected chi connectivity index (χ2v) is 8.97. The van der Waals surface area contributed by atoms with E-state index in [0.717, 1.165) is 5.56 Å². The fraction of sp³-hybridized carbons (Fsp3) is 0.417. The fourth-order valence-electron chi connectivity index (χ4n) is 3.94. The summed E-state index contributed by atoms with van der Waals surface area (Å²) in [5.41, 5.74) is 2.44. The van der Waals surface area contributed by atoms with E-state index in [4.69, 9.17) is 0 Å². The molecule has 2 aromatic rings. The molecule has 0 unspecified atom stereocenters. The first-order valence-electron chi connectivity index (χ1n) is 9.90. The maximum Gasteiger partial charge on any atom is 0.224 e. The van der Waals surface area contributed by atoms with Gasteiger partial charge >= 0.3 is 0 Å². The number of rotatable bonds is 5. The first-order valence-corrected chi connectivity index (χ1v) is 9.90. The number of Topliss-reactive ketones (excluding diaryl/α,β-unsaturated/α-hetero) is 1. The van der Waals surface area contributed by atoms with Gasteiger partial charge in [-0.1, -0.05) is 45.0 Å². The molecule has 1 fully saturated rings. The van der Waals surface area contributed by atoms with Crippen molar-refractivity contribution < 1.29 is 18.4 Å². The van der Waals surface area contributed by atoms with Crippen LogP contribution in [0.25, 0.3) is 0 Å². The highest BCUT2D eigenvalue weighted by molar-refractivity contribution is 5.90. The molecule has 0 radical (unpaired) electrons. The largest absolute Gasteiger partial charge is 0.355 e. The Morgan fingerprint density at radius 1 is 1.10 bits per heavy atom. The lowest BCUT2D eigenvalue weighted by molar-refractivity contribution is -0.127. The van der Waals surface area contributed by atoms with Crippen molar-refractivity contribution in [1.82, 2.24) is 5.32 Å². The topological polar surface area (TPSA) is 46.2 Å². The standard InChI is InChI=1S/C24H27F2NO2/c1-14-9-20(25)22(21(26)10-14)19-13-27-23(29)18(19)12-17(28)11-15-5-7-16(8-6-15)24(2,3)4/h5-10,18-19H,11-13H2,1-4H3,(H,27,29)/t18-,19+/m0/s1. The van der Waals surface area contributed by atoms with Crippen LogP contribution in [-0.2, 0) is 21.4 Å². The van der Waals surface area contributed by atoms with E-state index in [9.17, 15) is 18.4 Å². The van der Waals surface area contributed by atoms with Crippen molar-refractivity contribution in [3.63, 3.8) is 0 Å². The van der Waals surface area contributed by atoms with Crippen LogP contribution in [0.3, 0.4) is 0 Å². The van der Waals surface area contributed by atoms with Crippen molar-refractivity contribution in [2.24, 2.45) is 5.92 Å². The van der Waals surface area contributed by atoms with Gasteiger partial charge in [0.1, 0.15) is 17.4 Å². The lowest BCUT2D eigenvalue weighted by Crippen LogP contribution is -2.23. The molecule has 1 aliphatic heterocycles. The third-order valence-corrected chi connectivity index (χ3v) is 5.58. The predicted octanol–water partition coefficient (Wildman–Crippen LogP) is 4.60. The minimum Gasteiger partial charge on any atom is -0.355 e. The summed E-state index contributed by atoms with van der Waals surface area (Å²) >= 11 is 0. The molecule has 0 bridgehead atoms. The Hall–Kier alpha value is -2.56. The number of carbonyl (C=O) groups excluding carboxylic acids is 2. The van der Waals surface area contributed by atoms with Gasteiger partial charge in [-0.15, -0.1) is 0 Å². The molecule has 0 saturated carbocycles. The smallest absolute Gasteiger partial charge is 0.224 e. The summed E-state index contributed by atoms with van der Waals surface area (Å²) in [4.78, 5) is 24.9. The molecule has 154 valence electrons.